The van der Waals surface area contributed by atoms with Crippen molar-refractivity contribution in [2.45, 2.75) is 13.5 Å². The van der Waals surface area contributed by atoms with Crippen LogP contribution in [0.15, 0.2) is 34.4 Å². The third kappa shape index (κ3) is 3.09. The number of urea groups is 1. The number of thiophene rings is 1. The largest absolute Gasteiger partial charge is 0.463 e. The van der Waals surface area contributed by atoms with Gasteiger partial charge >= 0.3 is 12.0 Å². The van der Waals surface area contributed by atoms with Gasteiger partial charge in [0, 0.05) is 9.75 Å². The summed E-state index contributed by atoms with van der Waals surface area (Å²) < 4.78 is 9.83. The van der Waals surface area contributed by atoms with Gasteiger partial charge in [-0.15, -0.1) is 11.3 Å². The summed E-state index contributed by atoms with van der Waals surface area (Å²) >= 11 is 1.52. The number of esters is 1. The first kappa shape index (κ1) is 16.0. The molecule has 1 aliphatic rings. The zero-order chi connectivity index (χ0) is 17.3. The fourth-order valence-electron chi connectivity index (χ4n) is 2.22. The number of nitrogens with one attached hydrogen (secondary N) is 1. The minimum absolute atomic E-state index is 0.0179. The van der Waals surface area contributed by atoms with Gasteiger partial charge in [0.1, 0.15) is 11.5 Å². The molecular formula is C16H14N2O5S. The Morgan fingerprint density at radius 3 is 2.79 bits per heavy atom. The zero-order valence-corrected chi connectivity index (χ0v) is 13.8. The first-order chi connectivity index (χ1) is 11.5. The summed E-state index contributed by atoms with van der Waals surface area (Å²) in [6, 6.07) is 6.25. The van der Waals surface area contributed by atoms with Gasteiger partial charge in [-0.3, -0.25) is 9.69 Å². The van der Waals surface area contributed by atoms with Gasteiger partial charge in [0.2, 0.25) is 5.76 Å². The second-order valence-corrected chi connectivity index (χ2v) is 6.40. The molecule has 2 aromatic heterocycles. The van der Waals surface area contributed by atoms with E-state index in [4.69, 9.17) is 4.42 Å². The van der Waals surface area contributed by atoms with E-state index in [9.17, 15) is 14.4 Å². The van der Waals surface area contributed by atoms with Gasteiger partial charge in [0.05, 0.1) is 13.7 Å². The van der Waals surface area contributed by atoms with Gasteiger partial charge < -0.3 is 14.5 Å². The molecule has 0 saturated carbocycles. The molecule has 0 bridgehead atoms. The molecule has 1 fully saturated rings. The predicted octanol–water partition coefficient (Wildman–Crippen LogP) is 2.53. The number of rotatable bonds is 4. The van der Waals surface area contributed by atoms with Crippen LogP contribution >= 0.6 is 11.3 Å². The fourth-order valence-corrected chi connectivity index (χ4v) is 3.04. The van der Waals surface area contributed by atoms with Crippen LogP contribution in [0, 0.1) is 6.92 Å². The second kappa shape index (κ2) is 6.32. The number of amides is 3. The SMILES string of the molecule is COC(=O)c1ccc(CN2C(=O)NC(=Cc3ccc(C)s3)C2=O)o1. The van der Waals surface area contributed by atoms with Crippen molar-refractivity contribution in [1.82, 2.24) is 10.2 Å². The summed E-state index contributed by atoms with van der Waals surface area (Å²) in [6.45, 7) is 1.90. The fraction of sp³-hybridized carbons (Fsp3) is 0.188. The number of imide groups is 1. The molecule has 2 aromatic rings. The topological polar surface area (TPSA) is 88.9 Å². The highest BCUT2D eigenvalue weighted by atomic mass is 32.1. The molecule has 1 N–H and O–H groups in total. The van der Waals surface area contributed by atoms with Crippen LogP contribution in [0.4, 0.5) is 4.79 Å². The van der Waals surface area contributed by atoms with E-state index in [0.29, 0.717) is 5.76 Å². The maximum absolute atomic E-state index is 12.4. The number of nitrogens with zero attached hydrogens (tertiary/aromatic N) is 1. The molecule has 0 aromatic carbocycles. The molecule has 3 rings (SSSR count). The summed E-state index contributed by atoms with van der Waals surface area (Å²) in [7, 11) is 1.24. The molecule has 0 spiro atoms. The molecule has 0 aliphatic carbocycles. The lowest BCUT2D eigenvalue weighted by atomic mass is 10.3. The molecule has 0 atom stereocenters. The lowest BCUT2D eigenvalue weighted by molar-refractivity contribution is -0.123. The number of ether oxygens (including phenoxy) is 1. The maximum Gasteiger partial charge on any atom is 0.373 e. The van der Waals surface area contributed by atoms with Crippen molar-refractivity contribution < 1.29 is 23.5 Å². The Hall–Kier alpha value is -2.87. The smallest absolute Gasteiger partial charge is 0.373 e. The van der Waals surface area contributed by atoms with Crippen molar-refractivity contribution in [3.63, 3.8) is 0 Å². The third-order valence-corrected chi connectivity index (χ3v) is 4.32. The summed E-state index contributed by atoms with van der Waals surface area (Å²) in [4.78, 5) is 38.8. The summed E-state index contributed by atoms with van der Waals surface area (Å²) in [5.74, 6) is -0.731. The van der Waals surface area contributed by atoms with Gasteiger partial charge in [0.25, 0.3) is 5.91 Å². The molecule has 0 unspecified atom stereocenters. The van der Waals surface area contributed by atoms with Crippen LogP contribution in [0.5, 0.6) is 0 Å². The van der Waals surface area contributed by atoms with Crippen LogP contribution in [0.25, 0.3) is 6.08 Å². The number of carbonyl (C=O) groups excluding carboxylic acids is 3. The molecule has 7 nitrogen and oxygen atoms in total. The lowest BCUT2D eigenvalue weighted by Gasteiger charge is -2.09. The van der Waals surface area contributed by atoms with Crippen LogP contribution in [0.3, 0.4) is 0 Å². The molecular weight excluding hydrogens is 332 g/mol. The highest BCUT2D eigenvalue weighted by Gasteiger charge is 2.34. The van der Waals surface area contributed by atoms with Crippen LogP contribution in [-0.4, -0.2) is 29.9 Å². The number of methoxy groups -OCH3 is 1. The predicted molar refractivity (Wildman–Crippen MR) is 86.2 cm³/mol. The number of hydrogen-bond donors (Lipinski definition) is 1. The van der Waals surface area contributed by atoms with Gasteiger partial charge in [-0.2, -0.15) is 0 Å². The van der Waals surface area contributed by atoms with Crippen LogP contribution in [-0.2, 0) is 16.1 Å². The average molecular weight is 346 g/mol. The van der Waals surface area contributed by atoms with E-state index >= 15 is 0 Å². The third-order valence-electron chi connectivity index (χ3n) is 3.37. The van der Waals surface area contributed by atoms with E-state index in [1.807, 2.05) is 19.1 Å². The Bertz CT molecular complexity index is 848. The molecule has 3 heterocycles. The van der Waals surface area contributed by atoms with Crippen molar-refractivity contribution in [1.29, 1.82) is 0 Å². The van der Waals surface area contributed by atoms with Crippen LogP contribution < -0.4 is 5.32 Å². The number of aryl methyl sites for hydroxylation is 1. The monoisotopic (exact) mass is 346 g/mol. The van der Waals surface area contributed by atoms with E-state index in [2.05, 4.69) is 10.1 Å². The Labute approximate surface area is 141 Å². The van der Waals surface area contributed by atoms with Crippen molar-refractivity contribution in [3.8, 4) is 0 Å². The van der Waals surface area contributed by atoms with E-state index in [1.165, 1.54) is 30.6 Å². The molecule has 8 heteroatoms. The summed E-state index contributed by atoms with van der Waals surface area (Å²) in [5, 5.41) is 2.54. The van der Waals surface area contributed by atoms with Crippen molar-refractivity contribution >= 4 is 35.3 Å². The quantitative estimate of drug-likeness (QED) is 0.522. The van der Waals surface area contributed by atoms with Crippen LogP contribution in [0.2, 0.25) is 0 Å². The standard InChI is InChI=1S/C16H14N2O5S/c1-9-3-5-11(24-9)7-12-14(19)18(16(21)17-12)8-10-4-6-13(23-10)15(20)22-2/h3-7H,8H2,1-2H3,(H,17,21). The minimum Gasteiger partial charge on any atom is -0.463 e. The van der Waals surface area contributed by atoms with Crippen molar-refractivity contribution in [2.75, 3.05) is 7.11 Å². The van der Waals surface area contributed by atoms with E-state index in [1.54, 1.807) is 6.08 Å². The van der Waals surface area contributed by atoms with Gasteiger partial charge in [-0.1, -0.05) is 0 Å². The first-order valence-electron chi connectivity index (χ1n) is 7.06. The van der Waals surface area contributed by atoms with Gasteiger partial charge in [0.15, 0.2) is 0 Å². The van der Waals surface area contributed by atoms with E-state index in [0.717, 1.165) is 14.7 Å². The maximum atomic E-state index is 12.4. The first-order valence-corrected chi connectivity index (χ1v) is 7.87. The highest BCUT2D eigenvalue weighted by Crippen LogP contribution is 2.22. The molecule has 0 radical (unpaired) electrons. The van der Waals surface area contributed by atoms with Crippen molar-refractivity contribution in [2.24, 2.45) is 0 Å². The Morgan fingerprint density at radius 2 is 2.12 bits per heavy atom. The summed E-state index contributed by atoms with van der Waals surface area (Å²) in [5.41, 5.74) is 0.210. The van der Waals surface area contributed by atoms with Gasteiger partial charge in [-0.25, -0.2) is 9.59 Å². The normalized spacial score (nSPS) is 15.9. The lowest BCUT2D eigenvalue weighted by Crippen LogP contribution is -2.30. The van der Waals surface area contributed by atoms with E-state index in [-0.39, 0.29) is 18.0 Å². The minimum atomic E-state index is -0.618. The number of furan rings is 1. The average Bonchev–Trinajstić information content (AvgIpc) is 3.24. The van der Waals surface area contributed by atoms with Gasteiger partial charge in [-0.05, 0) is 37.3 Å². The molecule has 24 heavy (non-hydrogen) atoms. The van der Waals surface area contributed by atoms with Crippen molar-refractivity contribution in [3.05, 3.63) is 51.2 Å². The molecule has 3 amide bonds. The molecule has 1 aliphatic heterocycles. The number of hydrogen-bond acceptors (Lipinski definition) is 6. The zero-order valence-electron chi connectivity index (χ0n) is 13.0. The molecule has 1 saturated heterocycles. The van der Waals surface area contributed by atoms with E-state index < -0.39 is 17.9 Å². The second-order valence-electron chi connectivity index (χ2n) is 5.09. The number of carbonyl (C=O) groups is 3. The Morgan fingerprint density at radius 1 is 1.33 bits per heavy atom. The highest BCUT2D eigenvalue weighted by molar-refractivity contribution is 7.12. The molecule has 124 valence electrons. The Balaban J connectivity index is 1.76. The van der Waals surface area contributed by atoms with Crippen LogP contribution in [0.1, 0.15) is 26.1 Å². The Kier molecular flexibility index (Phi) is 4.22. The summed E-state index contributed by atoms with van der Waals surface area (Å²) in [6.07, 6.45) is 1.64.